The highest BCUT2D eigenvalue weighted by Gasteiger charge is 2.21. The van der Waals surface area contributed by atoms with Gasteiger partial charge in [0.2, 0.25) is 0 Å². The molecule has 0 saturated carbocycles. The van der Waals surface area contributed by atoms with E-state index in [-0.39, 0.29) is 11.9 Å². The molecule has 0 spiro atoms. The lowest BCUT2D eigenvalue weighted by Crippen LogP contribution is -2.33. The van der Waals surface area contributed by atoms with Gasteiger partial charge in [0.1, 0.15) is 17.3 Å². The van der Waals surface area contributed by atoms with Gasteiger partial charge in [-0.05, 0) is 73.8 Å². The molecule has 3 rings (SSSR count). The number of ether oxygens (including phenoxy) is 1. The summed E-state index contributed by atoms with van der Waals surface area (Å²) in [5.41, 5.74) is 7.51. The first-order valence-electron chi connectivity index (χ1n) is 7.72. The van der Waals surface area contributed by atoms with Crippen molar-refractivity contribution in [2.45, 2.75) is 18.9 Å². The zero-order valence-electron chi connectivity index (χ0n) is 12.5. The van der Waals surface area contributed by atoms with Crippen molar-refractivity contribution >= 4 is 0 Å². The molecule has 2 aromatic rings. The average molecular weight is 300 g/mol. The van der Waals surface area contributed by atoms with Crippen LogP contribution in [0.3, 0.4) is 0 Å². The lowest BCUT2D eigenvalue weighted by atomic mass is 9.86. The highest BCUT2D eigenvalue weighted by molar-refractivity contribution is 5.35. The van der Waals surface area contributed by atoms with Crippen LogP contribution in [0.2, 0.25) is 0 Å². The molecule has 0 aromatic heterocycles. The molecular weight excluding hydrogens is 279 g/mol. The maximum Gasteiger partial charge on any atom is 0.127 e. The summed E-state index contributed by atoms with van der Waals surface area (Å²) in [6.07, 6.45) is 2.20. The molecule has 1 fully saturated rings. The number of halogens is 1. The summed E-state index contributed by atoms with van der Waals surface area (Å²) in [5.74, 6) is 1.58. The summed E-state index contributed by atoms with van der Waals surface area (Å²) in [5, 5.41) is 3.36. The molecule has 116 valence electrons. The minimum absolute atomic E-state index is 0.0267. The van der Waals surface area contributed by atoms with Gasteiger partial charge < -0.3 is 15.8 Å². The fourth-order valence-electron chi connectivity index (χ4n) is 2.90. The molecule has 1 atom stereocenters. The summed E-state index contributed by atoms with van der Waals surface area (Å²) in [4.78, 5) is 0. The van der Waals surface area contributed by atoms with Gasteiger partial charge in [-0.1, -0.05) is 12.1 Å². The molecule has 0 amide bonds. The number of hydrogen-bond donors (Lipinski definition) is 2. The predicted molar refractivity (Wildman–Crippen MR) is 85.4 cm³/mol. The van der Waals surface area contributed by atoms with Crippen LogP contribution in [0.25, 0.3) is 0 Å². The first kappa shape index (κ1) is 15.0. The van der Waals surface area contributed by atoms with Gasteiger partial charge >= 0.3 is 0 Å². The Bertz CT molecular complexity index is 609. The van der Waals surface area contributed by atoms with E-state index in [1.807, 2.05) is 24.3 Å². The number of benzene rings is 2. The van der Waals surface area contributed by atoms with E-state index in [9.17, 15) is 4.39 Å². The lowest BCUT2D eigenvalue weighted by Gasteiger charge is -2.28. The fraction of sp³-hybridized carbons (Fsp3) is 0.333. The molecular formula is C18H21FN2O. The van der Waals surface area contributed by atoms with Crippen LogP contribution < -0.4 is 15.8 Å². The summed E-state index contributed by atoms with van der Waals surface area (Å²) in [6.45, 7) is 2.06. The Labute approximate surface area is 130 Å². The first-order chi connectivity index (χ1) is 10.7. The Kier molecular flexibility index (Phi) is 4.71. The minimum Gasteiger partial charge on any atom is -0.457 e. The van der Waals surface area contributed by atoms with Gasteiger partial charge in [-0.25, -0.2) is 4.39 Å². The van der Waals surface area contributed by atoms with E-state index in [0.717, 1.165) is 37.2 Å². The molecule has 1 saturated heterocycles. The molecule has 1 aliphatic heterocycles. The number of nitrogens with one attached hydrogen (secondary N) is 1. The molecule has 3 N–H and O–H groups in total. The Morgan fingerprint density at radius 1 is 1.05 bits per heavy atom. The largest absolute Gasteiger partial charge is 0.457 e. The smallest absolute Gasteiger partial charge is 0.127 e. The third kappa shape index (κ3) is 3.64. The summed E-state index contributed by atoms with van der Waals surface area (Å²) in [7, 11) is 0. The maximum absolute atomic E-state index is 12.9. The van der Waals surface area contributed by atoms with Crippen molar-refractivity contribution in [3.8, 4) is 11.5 Å². The van der Waals surface area contributed by atoms with Crippen molar-refractivity contribution in [3.63, 3.8) is 0 Å². The van der Waals surface area contributed by atoms with Crippen LogP contribution in [0.1, 0.15) is 24.4 Å². The summed E-state index contributed by atoms with van der Waals surface area (Å²) in [6, 6.07) is 13.9. The second kappa shape index (κ2) is 6.90. The van der Waals surface area contributed by atoms with Crippen molar-refractivity contribution in [2.75, 3.05) is 13.1 Å². The molecule has 4 heteroatoms. The van der Waals surface area contributed by atoms with Crippen molar-refractivity contribution in [2.24, 2.45) is 11.7 Å². The first-order valence-corrected chi connectivity index (χ1v) is 7.72. The van der Waals surface area contributed by atoms with Crippen LogP contribution in [-0.2, 0) is 0 Å². The zero-order valence-corrected chi connectivity index (χ0v) is 12.5. The average Bonchev–Trinajstić information content (AvgIpc) is 2.57. The van der Waals surface area contributed by atoms with Crippen molar-refractivity contribution in [1.82, 2.24) is 5.32 Å². The van der Waals surface area contributed by atoms with E-state index in [1.165, 1.54) is 12.1 Å². The second-order valence-corrected chi connectivity index (χ2v) is 5.74. The van der Waals surface area contributed by atoms with Crippen molar-refractivity contribution in [3.05, 3.63) is 59.9 Å². The van der Waals surface area contributed by atoms with E-state index >= 15 is 0 Å². The quantitative estimate of drug-likeness (QED) is 0.906. The fourth-order valence-corrected chi connectivity index (χ4v) is 2.90. The second-order valence-electron chi connectivity index (χ2n) is 5.74. The van der Waals surface area contributed by atoms with Crippen LogP contribution in [0.4, 0.5) is 4.39 Å². The van der Waals surface area contributed by atoms with Gasteiger partial charge in [0.25, 0.3) is 0 Å². The third-order valence-electron chi connectivity index (χ3n) is 4.18. The number of hydrogen-bond acceptors (Lipinski definition) is 3. The van der Waals surface area contributed by atoms with E-state index in [0.29, 0.717) is 11.7 Å². The topological polar surface area (TPSA) is 47.3 Å². The minimum atomic E-state index is -0.269. The Morgan fingerprint density at radius 3 is 2.50 bits per heavy atom. The van der Waals surface area contributed by atoms with Gasteiger partial charge in [0, 0.05) is 6.04 Å². The third-order valence-corrected chi connectivity index (χ3v) is 4.18. The summed E-state index contributed by atoms with van der Waals surface area (Å²) < 4.78 is 18.7. The molecule has 0 bridgehead atoms. The van der Waals surface area contributed by atoms with Gasteiger partial charge in [-0.3, -0.25) is 0 Å². The molecule has 0 aliphatic carbocycles. The molecule has 3 nitrogen and oxygen atoms in total. The highest BCUT2D eigenvalue weighted by atomic mass is 19.1. The van der Waals surface area contributed by atoms with Crippen LogP contribution in [0.5, 0.6) is 11.5 Å². The van der Waals surface area contributed by atoms with E-state index in [2.05, 4.69) is 5.32 Å². The van der Waals surface area contributed by atoms with Crippen molar-refractivity contribution in [1.29, 1.82) is 0 Å². The monoisotopic (exact) mass is 300 g/mol. The van der Waals surface area contributed by atoms with Gasteiger partial charge in [0.15, 0.2) is 0 Å². The predicted octanol–water partition coefficient (Wildman–Crippen LogP) is 3.62. The summed E-state index contributed by atoms with van der Waals surface area (Å²) >= 11 is 0. The number of rotatable bonds is 4. The SMILES string of the molecule is NC(c1cccc(Oc2ccc(F)cc2)c1)C1CCNCC1. The van der Waals surface area contributed by atoms with Crippen LogP contribution in [0, 0.1) is 11.7 Å². The standard InChI is InChI=1S/C18H21FN2O/c19-15-4-6-16(7-5-15)22-17-3-1-2-14(12-17)18(20)13-8-10-21-11-9-13/h1-7,12-13,18,21H,8-11,20H2. The lowest BCUT2D eigenvalue weighted by molar-refractivity contribution is 0.321. The zero-order chi connectivity index (χ0) is 15.4. The molecule has 2 aromatic carbocycles. The van der Waals surface area contributed by atoms with E-state index < -0.39 is 0 Å². The maximum atomic E-state index is 12.9. The number of piperidine rings is 1. The molecule has 22 heavy (non-hydrogen) atoms. The molecule has 0 radical (unpaired) electrons. The van der Waals surface area contributed by atoms with Gasteiger partial charge in [0.05, 0.1) is 0 Å². The molecule has 1 aliphatic rings. The van der Waals surface area contributed by atoms with Crippen molar-refractivity contribution < 1.29 is 9.13 Å². The van der Waals surface area contributed by atoms with E-state index in [4.69, 9.17) is 10.5 Å². The Balaban J connectivity index is 1.72. The van der Waals surface area contributed by atoms with Crippen LogP contribution in [-0.4, -0.2) is 13.1 Å². The van der Waals surface area contributed by atoms with E-state index in [1.54, 1.807) is 12.1 Å². The van der Waals surface area contributed by atoms with Crippen LogP contribution in [0.15, 0.2) is 48.5 Å². The molecule has 1 unspecified atom stereocenters. The van der Waals surface area contributed by atoms with Gasteiger partial charge in [-0.15, -0.1) is 0 Å². The van der Waals surface area contributed by atoms with Gasteiger partial charge in [-0.2, -0.15) is 0 Å². The molecule has 1 heterocycles. The highest BCUT2D eigenvalue weighted by Crippen LogP contribution is 2.30. The normalized spacial score (nSPS) is 17.2. The Morgan fingerprint density at radius 2 is 1.77 bits per heavy atom. The Hall–Kier alpha value is -1.91. The number of nitrogens with two attached hydrogens (primary N) is 1. The van der Waals surface area contributed by atoms with Crippen LogP contribution >= 0.6 is 0 Å².